The van der Waals surface area contributed by atoms with Crippen molar-refractivity contribution in [1.29, 1.82) is 5.26 Å². The first-order chi connectivity index (χ1) is 6.33. The highest BCUT2D eigenvalue weighted by Crippen LogP contribution is 2.52. The minimum absolute atomic E-state index is 0.0735. The van der Waals surface area contributed by atoms with Crippen molar-refractivity contribution >= 4 is 0 Å². The summed E-state index contributed by atoms with van der Waals surface area (Å²) in [6.07, 6.45) is 2.41. The van der Waals surface area contributed by atoms with Crippen molar-refractivity contribution in [2.75, 3.05) is 6.61 Å². The lowest BCUT2D eigenvalue weighted by atomic mass is 10.0. The fraction of sp³-hybridized carbons (Fsp3) is 0.400. The number of aliphatic hydroxyl groups excluding tert-OH is 1. The zero-order chi connectivity index (χ0) is 9.31. The molecule has 0 aromatic carbocycles. The Morgan fingerprint density at radius 1 is 1.69 bits per heavy atom. The van der Waals surface area contributed by atoms with Gasteiger partial charge >= 0.3 is 0 Å². The average molecular weight is 174 g/mol. The number of nitrogens with zero attached hydrogens (tertiary/aromatic N) is 2. The Bertz CT molecular complexity index is 344. The second-order valence-electron chi connectivity index (χ2n) is 3.38. The van der Waals surface area contributed by atoms with Gasteiger partial charge in [-0.1, -0.05) is 6.07 Å². The zero-order valence-electron chi connectivity index (χ0n) is 7.14. The van der Waals surface area contributed by atoms with E-state index in [2.05, 4.69) is 11.1 Å². The smallest absolute Gasteiger partial charge is 0.105 e. The fourth-order valence-electron chi connectivity index (χ4n) is 1.68. The van der Waals surface area contributed by atoms with Gasteiger partial charge in [0.05, 0.1) is 11.8 Å². The lowest BCUT2D eigenvalue weighted by Gasteiger charge is -2.05. The van der Waals surface area contributed by atoms with Crippen LogP contribution in [-0.2, 0) is 5.41 Å². The molecule has 1 aliphatic carbocycles. The van der Waals surface area contributed by atoms with Crippen LogP contribution in [0, 0.1) is 17.2 Å². The molecule has 0 radical (unpaired) electrons. The standard InChI is InChI=1S/C10H10N2O/c11-7-10(5-8(10)6-13)9-3-1-2-4-12-9/h1-4,8,13H,5-6H2/t8-,10-/m1/s1. The number of nitriles is 1. The van der Waals surface area contributed by atoms with Crippen molar-refractivity contribution in [2.24, 2.45) is 5.92 Å². The van der Waals surface area contributed by atoms with Gasteiger partial charge in [-0.25, -0.2) is 0 Å². The third-order valence-electron chi connectivity index (χ3n) is 2.65. The molecule has 0 aliphatic heterocycles. The monoisotopic (exact) mass is 174 g/mol. The van der Waals surface area contributed by atoms with E-state index in [1.165, 1.54) is 0 Å². The number of aliphatic hydroxyl groups is 1. The zero-order valence-corrected chi connectivity index (χ0v) is 7.14. The van der Waals surface area contributed by atoms with Crippen LogP contribution in [0.2, 0.25) is 0 Å². The Morgan fingerprint density at radius 2 is 2.54 bits per heavy atom. The molecule has 13 heavy (non-hydrogen) atoms. The van der Waals surface area contributed by atoms with Crippen LogP contribution < -0.4 is 0 Å². The number of pyridine rings is 1. The lowest BCUT2D eigenvalue weighted by molar-refractivity contribution is 0.269. The molecular weight excluding hydrogens is 164 g/mol. The molecule has 0 unspecified atom stereocenters. The van der Waals surface area contributed by atoms with E-state index in [0.717, 1.165) is 12.1 Å². The second-order valence-corrected chi connectivity index (χ2v) is 3.38. The number of hydrogen-bond acceptors (Lipinski definition) is 3. The van der Waals surface area contributed by atoms with E-state index in [9.17, 15) is 0 Å². The molecule has 1 aromatic heterocycles. The molecular formula is C10H10N2O. The van der Waals surface area contributed by atoms with Crippen LogP contribution >= 0.6 is 0 Å². The quantitative estimate of drug-likeness (QED) is 0.723. The van der Waals surface area contributed by atoms with E-state index >= 15 is 0 Å². The van der Waals surface area contributed by atoms with Gasteiger partial charge in [0, 0.05) is 18.7 Å². The summed E-state index contributed by atoms with van der Waals surface area (Å²) >= 11 is 0. The summed E-state index contributed by atoms with van der Waals surface area (Å²) in [7, 11) is 0. The second kappa shape index (κ2) is 2.82. The van der Waals surface area contributed by atoms with Crippen molar-refractivity contribution in [2.45, 2.75) is 11.8 Å². The van der Waals surface area contributed by atoms with Crippen molar-refractivity contribution in [3.63, 3.8) is 0 Å². The summed E-state index contributed by atoms with van der Waals surface area (Å²) in [6, 6.07) is 7.79. The van der Waals surface area contributed by atoms with Gasteiger partial charge in [0.15, 0.2) is 0 Å². The van der Waals surface area contributed by atoms with E-state index < -0.39 is 5.41 Å². The molecule has 3 heteroatoms. The van der Waals surface area contributed by atoms with Crippen LogP contribution in [0.1, 0.15) is 12.1 Å². The Morgan fingerprint density at radius 3 is 3.00 bits per heavy atom. The summed E-state index contributed by atoms with van der Waals surface area (Å²) in [6.45, 7) is 0.0735. The van der Waals surface area contributed by atoms with Gasteiger partial charge in [0.2, 0.25) is 0 Å². The molecule has 1 aliphatic rings. The number of aromatic nitrogens is 1. The van der Waals surface area contributed by atoms with Gasteiger partial charge in [0.1, 0.15) is 5.41 Å². The van der Waals surface area contributed by atoms with Gasteiger partial charge in [-0.2, -0.15) is 5.26 Å². The normalized spacial score (nSPS) is 30.9. The van der Waals surface area contributed by atoms with Gasteiger partial charge in [-0.05, 0) is 18.6 Å². The topological polar surface area (TPSA) is 56.9 Å². The van der Waals surface area contributed by atoms with Crippen molar-refractivity contribution in [3.8, 4) is 6.07 Å². The van der Waals surface area contributed by atoms with E-state index in [1.54, 1.807) is 6.20 Å². The van der Waals surface area contributed by atoms with E-state index in [1.807, 2.05) is 18.2 Å². The maximum Gasteiger partial charge on any atom is 0.105 e. The maximum absolute atomic E-state index is 9.01. The molecule has 66 valence electrons. The van der Waals surface area contributed by atoms with Crippen molar-refractivity contribution in [1.82, 2.24) is 4.98 Å². The molecule has 1 heterocycles. The Balaban J connectivity index is 2.32. The first kappa shape index (κ1) is 8.21. The predicted molar refractivity (Wildman–Crippen MR) is 46.7 cm³/mol. The predicted octanol–water partition coefficient (Wildman–Crippen LogP) is 0.855. The third-order valence-corrected chi connectivity index (χ3v) is 2.65. The molecule has 1 aromatic rings. The minimum atomic E-state index is -0.504. The number of hydrogen-bond donors (Lipinski definition) is 1. The number of rotatable bonds is 2. The summed E-state index contributed by atoms with van der Waals surface area (Å²) in [5, 5.41) is 18.0. The molecule has 0 bridgehead atoms. The third kappa shape index (κ3) is 1.11. The van der Waals surface area contributed by atoms with E-state index in [4.69, 9.17) is 10.4 Å². The minimum Gasteiger partial charge on any atom is -0.396 e. The van der Waals surface area contributed by atoms with Crippen molar-refractivity contribution in [3.05, 3.63) is 30.1 Å². The van der Waals surface area contributed by atoms with E-state index in [-0.39, 0.29) is 12.5 Å². The molecule has 0 spiro atoms. The molecule has 2 atom stereocenters. The van der Waals surface area contributed by atoms with Crippen LogP contribution in [-0.4, -0.2) is 16.7 Å². The van der Waals surface area contributed by atoms with Gasteiger partial charge in [-0.3, -0.25) is 4.98 Å². The molecule has 0 saturated heterocycles. The molecule has 1 N–H and O–H groups in total. The summed E-state index contributed by atoms with van der Waals surface area (Å²) in [4.78, 5) is 4.15. The largest absolute Gasteiger partial charge is 0.396 e. The average Bonchev–Trinajstić information content (AvgIpc) is 2.94. The lowest BCUT2D eigenvalue weighted by Crippen LogP contribution is -2.10. The van der Waals surface area contributed by atoms with Gasteiger partial charge in [-0.15, -0.1) is 0 Å². The maximum atomic E-state index is 9.01. The van der Waals surface area contributed by atoms with Gasteiger partial charge < -0.3 is 5.11 Å². The Labute approximate surface area is 76.7 Å². The van der Waals surface area contributed by atoms with Crippen LogP contribution in [0.4, 0.5) is 0 Å². The van der Waals surface area contributed by atoms with Crippen LogP contribution in [0.15, 0.2) is 24.4 Å². The summed E-state index contributed by atoms with van der Waals surface area (Å²) in [5.41, 5.74) is 0.285. The first-order valence-corrected chi connectivity index (χ1v) is 4.27. The van der Waals surface area contributed by atoms with Crippen LogP contribution in [0.3, 0.4) is 0 Å². The van der Waals surface area contributed by atoms with Crippen LogP contribution in [0.25, 0.3) is 0 Å². The summed E-state index contributed by atoms with van der Waals surface area (Å²) < 4.78 is 0. The van der Waals surface area contributed by atoms with Gasteiger partial charge in [0.25, 0.3) is 0 Å². The Hall–Kier alpha value is -1.40. The fourth-order valence-corrected chi connectivity index (χ4v) is 1.68. The highest BCUT2D eigenvalue weighted by atomic mass is 16.3. The summed E-state index contributed by atoms with van der Waals surface area (Å²) in [5.74, 6) is 0.0763. The molecule has 2 rings (SSSR count). The van der Waals surface area contributed by atoms with Crippen LogP contribution in [0.5, 0.6) is 0 Å². The van der Waals surface area contributed by atoms with E-state index in [0.29, 0.717) is 0 Å². The first-order valence-electron chi connectivity index (χ1n) is 4.27. The highest BCUT2D eigenvalue weighted by Gasteiger charge is 2.56. The molecule has 1 saturated carbocycles. The molecule has 0 amide bonds. The SMILES string of the molecule is N#C[C@]1(c2ccccn2)C[C@@H]1CO. The highest BCUT2D eigenvalue weighted by molar-refractivity contribution is 5.36. The Kier molecular flexibility index (Phi) is 1.78. The molecule has 1 fully saturated rings. The van der Waals surface area contributed by atoms with Crippen molar-refractivity contribution < 1.29 is 5.11 Å². The molecule has 3 nitrogen and oxygen atoms in total.